The lowest BCUT2D eigenvalue weighted by molar-refractivity contribution is 0.0601. The SMILES string of the molecule is COC(=O)c1c(N=C=O)sc2c1CCCCC2. The first-order valence-electron chi connectivity index (χ1n) is 5.58. The Kier molecular flexibility index (Phi) is 3.71. The summed E-state index contributed by atoms with van der Waals surface area (Å²) < 4.78 is 4.77. The van der Waals surface area contributed by atoms with Gasteiger partial charge in [-0.3, -0.25) is 0 Å². The highest BCUT2D eigenvalue weighted by Gasteiger charge is 2.25. The molecule has 4 nitrogen and oxygen atoms in total. The molecule has 1 aromatic heterocycles. The van der Waals surface area contributed by atoms with Gasteiger partial charge in [-0.25, -0.2) is 9.59 Å². The summed E-state index contributed by atoms with van der Waals surface area (Å²) in [6, 6.07) is 0. The Morgan fingerprint density at radius 2 is 2.12 bits per heavy atom. The minimum Gasteiger partial charge on any atom is -0.465 e. The highest BCUT2D eigenvalue weighted by molar-refractivity contribution is 7.16. The molecule has 2 rings (SSSR count). The van der Waals surface area contributed by atoms with Crippen molar-refractivity contribution in [1.82, 2.24) is 0 Å². The summed E-state index contributed by atoms with van der Waals surface area (Å²) in [4.78, 5) is 26.9. The third-order valence-corrected chi connectivity index (χ3v) is 4.13. The smallest absolute Gasteiger partial charge is 0.341 e. The number of hydrogen-bond donors (Lipinski definition) is 0. The van der Waals surface area contributed by atoms with E-state index in [1.165, 1.54) is 30.9 Å². The molecule has 0 amide bonds. The van der Waals surface area contributed by atoms with Crippen LogP contribution in [0.3, 0.4) is 0 Å². The van der Waals surface area contributed by atoms with Gasteiger partial charge in [-0.2, -0.15) is 4.99 Å². The Bertz CT molecular complexity index is 486. The van der Waals surface area contributed by atoms with Gasteiger partial charge in [-0.1, -0.05) is 6.42 Å². The number of carbonyl (C=O) groups excluding carboxylic acids is 2. The molecule has 0 saturated carbocycles. The number of hydrogen-bond acceptors (Lipinski definition) is 5. The Morgan fingerprint density at radius 1 is 1.35 bits per heavy atom. The van der Waals surface area contributed by atoms with Crippen molar-refractivity contribution in [3.63, 3.8) is 0 Å². The molecule has 90 valence electrons. The second-order valence-corrected chi connectivity index (χ2v) is 5.02. The maximum atomic E-state index is 11.7. The van der Waals surface area contributed by atoms with Crippen molar-refractivity contribution >= 4 is 28.4 Å². The molecule has 0 N–H and O–H groups in total. The second kappa shape index (κ2) is 5.25. The van der Waals surface area contributed by atoms with E-state index in [-0.39, 0.29) is 0 Å². The molecule has 17 heavy (non-hydrogen) atoms. The van der Waals surface area contributed by atoms with Gasteiger partial charge >= 0.3 is 5.97 Å². The highest BCUT2D eigenvalue weighted by Crippen LogP contribution is 2.39. The number of carbonyl (C=O) groups is 1. The zero-order chi connectivity index (χ0) is 12.3. The molecule has 0 aromatic carbocycles. The average molecular weight is 251 g/mol. The third kappa shape index (κ3) is 2.30. The van der Waals surface area contributed by atoms with Crippen molar-refractivity contribution in [2.45, 2.75) is 32.1 Å². The van der Waals surface area contributed by atoms with Crippen molar-refractivity contribution < 1.29 is 14.3 Å². The van der Waals surface area contributed by atoms with E-state index in [9.17, 15) is 9.59 Å². The van der Waals surface area contributed by atoms with Gasteiger partial charge in [0.15, 0.2) is 0 Å². The van der Waals surface area contributed by atoms with Crippen LogP contribution < -0.4 is 0 Å². The molecule has 1 aliphatic rings. The fourth-order valence-electron chi connectivity index (χ4n) is 2.16. The van der Waals surface area contributed by atoms with Crippen molar-refractivity contribution in [1.29, 1.82) is 0 Å². The lowest BCUT2D eigenvalue weighted by atomic mass is 10.1. The zero-order valence-electron chi connectivity index (χ0n) is 9.62. The van der Waals surface area contributed by atoms with Crippen LogP contribution in [0, 0.1) is 0 Å². The van der Waals surface area contributed by atoms with Crippen LogP contribution in [-0.4, -0.2) is 19.2 Å². The van der Waals surface area contributed by atoms with Crippen molar-refractivity contribution in [3.8, 4) is 0 Å². The molecule has 1 heterocycles. The quantitative estimate of drug-likeness (QED) is 0.351. The van der Waals surface area contributed by atoms with E-state index < -0.39 is 5.97 Å². The predicted molar refractivity (Wildman–Crippen MR) is 64.7 cm³/mol. The number of methoxy groups -OCH3 is 1. The standard InChI is InChI=1S/C12H13NO3S/c1-16-12(15)10-8-5-3-2-4-6-9(8)17-11(10)13-7-14/h2-6H2,1H3. The van der Waals surface area contributed by atoms with E-state index in [4.69, 9.17) is 4.74 Å². The normalized spacial score (nSPS) is 14.4. The van der Waals surface area contributed by atoms with Crippen LogP contribution in [0.4, 0.5) is 5.00 Å². The Morgan fingerprint density at radius 3 is 2.82 bits per heavy atom. The molecule has 1 aromatic rings. The topological polar surface area (TPSA) is 55.7 Å². The van der Waals surface area contributed by atoms with Crippen LogP contribution in [0.2, 0.25) is 0 Å². The largest absolute Gasteiger partial charge is 0.465 e. The van der Waals surface area contributed by atoms with Gasteiger partial charge in [0.2, 0.25) is 6.08 Å². The lowest BCUT2D eigenvalue weighted by Crippen LogP contribution is -2.04. The van der Waals surface area contributed by atoms with E-state index in [0.29, 0.717) is 10.6 Å². The first kappa shape index (κ1) is 12.0. The van der Waals surface area contributed by atoms with Crippen LogP contribution in [0.15, 0.2) is 4.99 Å². The zero-order valence-corrected chi connectivity index (χ0v) is 10.4. The molecule has 0 spiro atoms. The van der Waals surface area contributed by atoms with E-state index in [1.807, 2.05) is 0 Å². The molecule has 0 bridgehead atoms. The van der Waals surface area contributed by atoms with E-state index in [0.717, 1.165) is 36.1 Å². The molecule has 0 fully saturated rings. The highest BCUT2D eigenvalue weighted by atomic mass is 32.1. The molecule has 0 aliphatic heterocycles. The van der Waals surface area contributed by atoms with E-state index in [2.05, 4.69) is 4.99 Å². The first-order chi connectivity index (χ1) is 8.27. The Balaban J connectivity index is 2.54. The van der Waals surface area contributed by atoms with Crippen molar-refractivity contribution in [2.24, 2.45) is 4.99 Å². The van der Waals surface area contributed by atoms with Crippen LogP contribution in [0.1, 0.15) is 40.1 Å². The Hall–Kier alpha value is -1.45. The Labute approximate surface area is 103 Å². The number of esters is 1. The molecule has 1 aliphatic carbocycles. The molecule has 0 saturated heterocycles. The van der Waals surface area contributed by atoms with Crippen molar-refractivity contribution in [2.75, 3.05) is 7.11 Å². The summed E-state index contributed by atoms with van der Waals surface area (Å²) in [6.07, 6.45) is 6.69. The minimum absolute atomic E-state index is 0.404. The summed E-state index contributed by atoms with van der Waals surface area (Å²) >= 11 is 1.41. The summed E-state index contributed by atoms with van der Waals surface area (Å²) in [5.41, 5.74) is 1.49. The number of fused-ring (bicyclic) bond motifs is 1. The number of aryl methyl sites for hydroxylation is 1. The number of ether oxygens (including phenoxy) is 1. The summed E-state index contributed by atoms with van der Waals surface area (Å²) in [5, 5.41) is 0.443. The fraction of sp³-hybridized carbons (Fsp3) is 0.500. The van der Waals surface area contributed by atoms with Gasteiger partial charge in [0.25, 0.3) is 0 Å². The molecule has 0 radical (unpaired) electrons. The summed E-state index contributed by atoms with van der Waals surface area (Å²) in [6.45, 7) is 0. The van der Waals surface area contributed by atoms with Gasteiger partial charge in [-0.05, 0) is 31.2 Å². The van der Waals surface area contributed by atoms with Crippen LogP contribution in [-0.2, 0) is 22.4 Å². The fourth-order valence-corrected chi connectivity index (χ4v) is 3.36. The maximum Gasteiger partial charge on any atom is 0.341 e. The van der Waals surface area contributed by atoms with Crippen LogP contribution in [0.25, 0.3) is 0 Å². The summed E-state index contributed by atoms with van der Waals surface area (Å²) in [5.74, 6) is -0.404. The van der Waals surface area contributed by atoms with Crippen LogP contribution >= 0.6 is 11.3 Å². The van der Waals surface area contributed by atoms with E-state index >= 15 is 0 Å². The van der Waals surface area contributed by atoms with Gasteiger partial charge in [0.05, 0.1) is 7.11 Å². The number of aliphatic imine (C=N–C) groups is 1. The second-order valence-electron chi connectivity index (χ2n) is 3.94. The molecular formula is C12H13NO3S. The van der Waals surface area contributed by atoms with Gasteiger partial charge in [0, 0.05) is 4.88 Å². The number of isocyanates is 1. The third-order valence-electron chi connectivity index (χ3n) is 2.94. The molecular weight excluding hydrogens is 238 g/mol. The number of thiophene rings is 1. The average Bonchev–Trinajstić information content (AvgIpc) is 2.52. The maximum absolute atomic E-state index is 11.7. The summed E-state index contributed by atoms with van der Waals surface area (Å²) in [7, 11) is 1.34. The van der Waals surface area contributed by atoms with Gasteiger partial charge < -0.3 is 4.74 Å². The first-order valence-corrected chi connectivity index (χ1v) is 6.40. The van der Waals surface area contributed by atoms with E-state index in [1.54, 1.807) is 0 Å². The molecule has 0 unspecified atom stereocenters. The minimum atomic E-state index is -0.404. The number of rotatable bonds is 2. The number of nitrogens with zero attached hydrogens (tertiary/aromatic N) is 1. The molecule has 0 atom stereocenters. The predicted octanol–water partition coefficient (Wildman–Crippen LogP) is 2.77. The van der Waals surface area contributed by atoms with Gasteiger partial charge in [-0.15, -0.1) is 11.3 Å². The van der Waals surface area contributed by atoms with Gasteiger partial charge in [0.1, 0.15) is 10.6 Å². The monoisotopic (exact) mass is 251 g/mol. The van der Waals surface area contributed by atoms with Crippen LogP contribution in [0.5, 0.6) is 0 Å². The lowest BCUT2D eigenvalue weighted by Gasteiger charge is -2.02. The van der Waals surface area contributed by atoms with Crippen molar-refractivity contribution in [3.05, 3.63) is 16.0 Å². The molecule has 5 heteroatoms.